The van der Waals surface area contributed by atoms with Crippen molar-refractivity contribution >= 4 is 53.3 Å². The zero-order valence-corrected chi connectivity index (χ0v) is 17.4. The van der Waals surface area contributed by atoms with E-state index in [0.717, 1.165) is 25.4 Å². The van der Waals surface area contributed by atoms with Crippen molar-refractivity contribution in [3.05, 3.63) is 22.7 Å². The summed E-state index contributed by atoms with van der Waals surface area (Å²) in [4.78, 5) is 12.5. The molecule has 11 heteroatoms. The number of carbonyl (C=O) groups is 1. The molecule has 0 spiro atoms. The summed E-state index contributed by atoms with van der Waals surface area (Å²) in [7, 11) is -8.15. The lowest BCUT2D eigenvalue weighted by Gasteiger charge is -2.22. The summed E-state index contributed by atoms with van der Waals surface area (Å²) in [6.07, 6.45) is 4.16. The molecule has 0 saturated heterocycles. The van der Waals surface area contributed by atoms with Gasteiger partial charge in [0.15, 0.2) is 0 Å². The van der Waals surface area contributed by atoms with Crippen LogP contribution in [0.25, 0.3) is 0 Å². The van der Waals surface area contributed by atoms with E-state index in [-0.39, 0.29) is 10.2 Å². The Morgan fingerprint density at radius 1 is 1.19 bits per heavy atom. The van der Waals surface area contributed by atoms with Gasteiger partial charge in [-0.2, -0.15) is 8.97 Å². The van der Waals surface area contributed by atoms with E-state index in [1.165, 1.54) is 18.2 Å². The van der Waals surface area contributed by atoms with Crippen molar-refractivity contribution in [1.82, 2.24) is 0 Å². The summed E-state index contributed by atoms with van der Waals surface area (Å²) in [5.41, 5.74) is -0.825. The fourth-order valence-electron chi connectivity index (χ4n) is 2.95. The van der Waals surface area contributed by atoms with Crippen LogP contribution in [-0.4, -0.2) is 35.3 Å². The van der Waals surface area contributed by atoms with Crippen molar-refractivity contribution in [3.8, 4) is 6.07 Å². The summed E-state index contributed by atoms with van der Waals surface area (Å²) in [5.74, 6) is -0.416. The molecule has 2 rings (SSSR count). The molecule has 142 valence electrons. The number of hydrogen-bond donors (Lipinski definition) is 1. The Kier molecular flexibility index (Phi) is 5.70. The molecule has 0 heterocycles. The van der Waals surface area contributed by atoms with Crippen molar-refractivity contribution in [2.24, 2.45) is 5.41 Å². The molecule has 1 saturated carbocycles. The number of amides is 1. The van der Waals surface area contributed by atoms with Crippen LogP contribution in [-0.2, 0) is 24.8 Å². The Bertz CT molecular complexity index is 945. The summed E-state index contributed by atoms with van der Waals surface area (Å²) in [6, 6.07) is 6.15. The zero-order valence-electron chi connectivity index (χ0n) is 14.2. The van der Waals surface area contributed by atoms with Crippen LogP contribution in [0.2, 0.25) is 0 Å². The number of nitriles is 1. The van der Waals surface area contributed by atoms with Crippen molar-refractivity contribution in [2.45, 2.75) is 25.7 Å². The summed E-state index contributed by atoms with van der Waals surface area (Å²) in [6.45, 7) is 0. The normalized spacial score (nSPS) is 16.7. The molecule has 26 heavy (non-hydrogen) atoms. The van der Waals surface area contributed by atoms with E-state index >= 15 is 0 Å². The largest absolute Gasteiger partial charge is 0.325 e. The van der Waals surface area contributed by atoms with Gasteiger partial charge in [-0.05, 0) is 47.0 Å². The predicted octanol–water partition coefficient (Wildman–Crippen LogP) is 2.20. The summed E-state index contributed by atoms with van der Waals surface area (Å²) < 4.78 is 48.0. The minimum Gasteiger partial charge on any atom is -0.325 e. The van der Waals surface area contributed by atoms with Gasteiger partial charge in [0.25, 0.3) is 0 Å². The number of nitrogens with one attached hydrogen (secondary N) is 1. The Morgan fingerprint density at radius 2 is 1.73 bits per heavy atom. The van der Waals surface area contributed by atoms with E-state index in [1.54, 1.807) is 0 Å². The first-order valence-corrected chi connectivity index (χ1v) is 12.1. The molecule has 0 radical (unpaired) electrons. The van der Waals surface area contributed by atoms with Crippen molar-refractivity contribution in [1.29, 1.82) is 5.26 Å². The van der Waals surface area contributed by atoms with E-state index < -0.39 is 31.4 Å². The van der Waals surface area contributed by atoms with Gasteiger partial charge in [0.2, 0.25) is 26.0 Å². The second-order valence-corrected chi connectivity index (χ2v) is 11.0. The third-order valence-electron chi connectivity index (χ3n) is 4.11. The SMILES string of the molecule is CS(=O)(=O)N(c1ccc(NC(=O)C2(C#N)CCCC2)cc1Br)S(C)(=O)=O. The van der Waals surface area contributed by atoms with Crippen molar-refractivity contribution in [3.63, 3.8) is 0 Å². The van der Waals surface area contributed by atoms with Crippen LogP contribution in [0.5, 0.6) is 0 Å². The lowest BCUT2D eigenvalue weighted by Crippen LogP contribution is -2.35. The van der Waals surface area contributed by atoms with Gasteiger partial charge in [-0.1, -0.05) is 12.8 Å². The second-order valence-electron chi connectivity index (χ2n) is 6.24. The fraction of sp³-hybridized carbons (Fsp3) is 0.467. The third kappa shape index (κ3) is 4.19. The molecule has 1 aromatic rings. The molecule has 1 aliphatic carbocycles. The number of anilines is 2. The van der Waals surface area contributed by atoms with E-state index in [9.17, 15) is 26.9 Å². The van der Waals surface area contributed by atoms with E-state index in [1.807, 2.05) is 0 Å². The van der Waals surface area contributed by atoms with Gasteiger partial charge in [-0.3, -0.25) is 4.79 Å². The Hall–Kier alpha value is -1.64. The zero-order chi connectivity index (χ0) is 19.8. The lowest BCUT2D eigenvalue weighted by molar-refractivity contribution is -0.122. The van der Waals surface area contributed by atoms with Gasteiger partial charge in [-0.15, -0.1) is 0 Å². The van der Waals surface area contributed by atoms with Gasteiger partial charge in [-0.25, -0.2) is 16.8 Å². The van der Waals surface area contributed by atoms with Gasteiger partial charge in [0, 0.05) is 10.2 Å². The molecule has 0 aliphatic heterocycles. The highest BCUT2D eigenvalue weighted by atomic mass is 79.9. The topological polar surface area (TPSA) is 124 Å². The summed E-state index contributed by atoms with van der Waals surface area (Å²) in [5, 5.41) is 12.0. The molecule has 1 amide bonds. The molecule has 1 fully saturated rings. The quantitative estimate of drug-likeness (QED) is 0.713. The van der Waals surface area contributed by atoms with Gasteiger partial charge in [0.05, 0.1) is 24.3 Å². The standard InChI is InChI=1S/C15H18BrN3O5S2/c1-25(21,22)19(26(2,23)24)13-6-5-11(9-12(13)16)18-14(20)15(10-17)7-3-4-8-15/h5-6,9H,3-4,7-8H2,1-2H3,(H,18,20). The van der Waals surface area contributed by atoms with Crippen molar-refractivity contribution < 1.29 is 21.6 Å². The minimum atomic E-state index is -4.08. The molecule has 0 bridgehead atoms. The number of hydrogen-bond acceptors (Lipinski definition) is 6. The number of benzene rings is 1. The highest BCUT2D eigenvalue weighted by Crippen LogP contribution is 2.39. The molecular formula is C15H18BrN3O5S2. The monoisotopic (exact) mass is 463 g/mol. The number of carbonyl (C=O) groups excluding carboxylic acids is 1. The van der Waals surface area contributed by atoms with Gasteiger partial charge in [0.1, 0.15) is 5.41 Å². The molecule has 1 aliphatic rings. The van der Waals surface area contributed by atoms with Crippen molar-refractivity contribution in [2.75, 3.05) is 21.5 Å². The number of nitrogens with zero attached hydrogens (tertiary/aromatic N) is 2. The molecule has 1 N–H and O–H groups in total. The molecule has 0 unspecified atom stereocenters. The predicted molar refractivity (Wildman–Crippen MR) is 101 cm³/mol. The Balaban J connectivity index is 2.36. The number of sulfonamides is 2. The molecular weight excluding hydrogens is 446 g/mol. The van der Waals surface area contributed by atoms with Gasteiger partial charge < -0.3 is 5.32 Å². The highest BCUT2D eigenvalue weighted by Gasteiger charge is 2.41. The van der Waals surface area contributed by atoms with E-state index in [4.69, 9.17) is 0 Å². The Labute approximate surface area is 161 Å². The van der Waals surface area contributed by atoms with Crippen LogP contribution >= 0.6 is 15.9 Å². The Morgan fingerprint density at radius 3 is 2.15 bits per heavy atom. The van der Waals surface area contributed by atoms with Crippen LogP contribution < -0.4 is 9.03 Å². The van der Waals surface area contributed by atoms with Gasteiger partial charge >= 0.3 is 0 Å². The number of halogens is 1. The lowest BCUT2D eigenvalue weighted by atomic mass is 9.87. The van der Waals surface area contributed by atoms with Crippen LogP contribution in [0.15, 0.2) is 22.7 Å². The molecule has 0 aromatic heterocycles. The first kappa shape index (κ1) is 20.7. The summed E-state index contributed by atoms with van der Waals surface area (Å²) >= 11 is 3.15. The fourth-order valence-corrected chi connectivity index (χ4v) is 6.75. The minimum absolute atomic E-state index is 0.0936. The van der Waals surface area contributed by atoms with Crippen LogP contribution in [0.4, 0.5) is 11.4 Å². The van der Waals surface area contributed by atoms with Crippen LogP contribution in [0.1, 0.15) is 25.7 Å². The molecule has 0 atom stereocenters. The average Bonchev–Trinajstić information content (AvgIpc) is 2.97. The van der Waals surface area contributed by atoms with E-state index in [2.05, 4.69) is 27.3 Å². The highest BCUT2D eigenvalue weighted by molar-refractivity contribution is 9.10. The smallest absolute Gasteiger partial charge is 0.245 e. The second kappa shape index (κ2) is 7.17. The average molecular weight is 464 g/mol. The first-order valence-electron chi connectivity index (χ1n) is 7.63. The van der Waals surface area contributed by atoms with Crippen LogP contribution in [0, 0.1) is 16.7 Å². The van der Waals surface area contributed by atoms with E-state index in [0.29, 0.717) is 22.2 Å². The molecule has 8 nitrogen and oxygen atoms in total. The number of rotatable bonds is 5. The first-order chi connectivity index (χ1) is 11.9. The maximum absolute atomic E-state index is 12.5. The third-order valence-corrected chi connectivity index (χ3v) is 7.97. The van der Waals surface area contributed by atoms with Crippen LogP contribution in [0.3, 0.4) is 0 Å². The maximum atomic E-state index is 12.5. The molecule has 1 aromatic carbocycles. The maximum Gasteiger partial charge on any atom is 0.245 e.